The highest BCUT2D eigenvalue weighted by Gasteiger charge is 2.10. The Labute approximate surface area is 184 Å². The van der Waals surface area contributed by atoms with Crippen LogP contribution in [0.1, 0.15) is 22.6 Å². The summed E-state index contributed by atoms with van der Waals surface area (Å²) in [6, 6.07) is 14.1. The van der Waals surface area contributed by atoms with Gasteiger partial charge in [-0.2, -0.15) is 0 Å². The fourth-order valence-corrected chi connectivity index (χ4v) is 4.18. The number of carbonyl (C=O) groups is 2. The zero-order valence-electron chi connectivity index (χ0n) is 16.6. The monoisotopic (exact) mass is 443 g/mol. The van der Waals surface area contributed by atoms with Gasteiger partial charge < -0.3 is 15.4 Å². The lowest BCUT2D eigenvalue weighted by Crippen LogP contribution is -2.27. The molecule has 0 fully saturated rings. The zero-order chi connectivity index (χ0) is 21.0. The Balaban J connectivity index is 1.25. The number of anilines is 1. The van der Waals surface area contributed by atoms with Crippen molar-refractivity contribution >= 4 is 39.6 Å². The van der Waals surface area contributed by atoms with Crippen molar-refractivity contribution in [3.8, 4) is 0 Å². The lowest BCUT2D eigenvalue weighted by molar-refractivity contribution is -0.120. The molecule has 2 heterocycles. The third-order valence-electron chi connectivity index (χ3n) is 4.22. The predicted molar refractivity (Wildman–Crippen MR) is 121 cm³/mol. The van der Waals surface area contributed by atoms with Crippen LogP contribution in [-0.4, -0.2) is 36.6 Å². The highest BCUT2D eigenvalue weighted by atomic mass is 32.1. The molecule has 0 saturated heterocycles. The standard InChI is InChI=1S/C22H25N3O3S2/c26-20(23-10-5-11-28-12-9-17-6-2-1-3-7-17)14-18-16-30-22(24-18)25-21(27)15-19-8-4-13-29-19/h1-4,6-8,13,16H,5,9-12,14-15H2,(H,23,26)(H,24,25,27). The summed E-state index contributed by atoms with van der Waals surface area (Å²) in [6.45, 7) is 1.86. The van der Waals surface area contributed by atoms with Crippen LogP contribution in [0.15, 0.2) is 53.2 Å². The van der Waals surface area contributed by atoms with Crippen molar-refractivity contribution in [1.29, 1.82) is 0 Å². The van der Waals surface area contributed by atoms with Crippen LogP contribution < -0.4 is 10.6 Å². The van der Waals surface area contributed by atoms with Gasteiger partial charge in [0.05, 0.1) is 25.1 Å². The summed E-state index contributed by atoms with van der Waals surface area (Å²) in [5.74, 6) is -0.184. The van der Waals surface area contributed by atoms with Gasteiger partial charge in [-0.15, -0.1) is 22.7 Å². The van der Waals surface area contributed by atoms with Crippen molar-refractivity contribution in [2.75, 3.05) is 25.1 Å². The van der Waals surface area contributed by atoms with Gasteiger partial charge >= 0.3 is 0 Å². The molecule has 0 atom stereocenters. The number of benzene rings is 1. The summed E-state index contributed by atoms with van der Waals surface area (Å²) in [6.07, 6.45) is 2.19. The first kappa shape index (κ1) is 22.1. The van der Waals surface area contributed by atoms with Gasteiger partial charge in [-0.3, -0.25) is 9.59 Å². The van der Waals surface area contributed by atoms with Crippen LogP contribution in [0.3, 0.4) is 0 Å². The lowest BCUT2D eigenvalue weighted by atomic mass is 10.2. The molecule has 0 spiro atoms. The number of thiazole rings is 1. The van der Waals surface area contributed by atoms with E-state index in [-0.39, 0.29) is 18.2 Å². The minimum absolute atomic E-state index is 0.0824. The third-order valence-corrected chi connectivity index (χ3v) is 5.90. The molecule has 30 heavy (non-hydrogen) atoms. The van der Waals surface area contributed by atoms with Crippen LogP contribution in [0, 0.1) is 0 Å². The normalized spacial score (nSPS) is 10.7. The number of nitrogens with one attached hydrogen (secondary N) is 2. The molecule has 3 aromatic rings. The number of thiophene rings is 1. The van der Waals surface area contributed by atoms with E-state index in [1.165, 1.54) is 16.9 Å². The molecular formula is C22H25N3O3S2. The molecule has 3 rings (SSSR count). The summed E-state index contributed by atoms with van der Waals surface area (Å²) < 4.78 is 5.61. The van der Waals surface area contributed by atoms with Crippen LogP contribution in [0.4, 0.5) is 5.13 Å². The van der Waals surface area contributed by atoms with Crippen molar-refractivity contribution in [1.82, 2.24) is 10.3 Å². The minimum atomic E-state index is -0.102. The fraction of sp³-hybridized carbons (Fsp3) is 0.318. The van der Waals surface area contributed by atoms with Crippen LogP contribution >= 0.6 is 22.7 Å². The summed E-state index contributed by atoms with van der Waals surface area (Å²) in [5.41, 5.74) is 1.92. The van der Waals surface area contributed by atoms with E-state index in [1.54, 1.807) is 16.7 Å². The Morgan fingerprint density at radius 3 is 2.63 bits per heavy atom. The van der Waals surface area contributed by atoms with Gasteiger partial charge in [0, 0.05) is 23.4 Å². The maximum absolute atomic E-state index is 12.1. The number of carbonyl (C=O) groups excluding carboxylic acids is 2. The molecule has 0 saturated carbocycles. The quantitative estimate of drug-likeness (QED) is 0.418. The number of nitrogens with zero attached hydrogens (tertiary/aromatic N) is 1. The molecule has 2 N–H and O–H groups in total. The van der Waals surface area contributed by atoms with Crippen LogP contribution in [0.5, 0.6) is 0 Å². The molecule has 0 unspecified atom stereocenters. The zero-order valence-corrected chi connectivity index (χ0v) is 18.3. The van der Waals surface area contributed by atoms with E-state index in [0.717, 1.165) is 17.7 Å². The Kier molecular flexibility index (Phi) is 9.02. The van der Waals surface area contributed by atoms with E-state index in [2.05, 4.69) is 27.8 Å². The smallest absolute Gasteiger partial charge is 0.231 e. The van der Waals surface area contributed by atoms with E-state index in [9.17, 15) is 9.59 Å². The Morgan fingerprint density at radius 1 is 0.967 bits per heavy atom. The molecule has 0 aliphatic heterocycles. The van der Waals surface area contributed by atoms with Crippen LogP contribution in [0.25, 0.3) is 0 Å². The van der Waals surface area contributed by atoms with Gasteiger partial charge in [0.1, 0.15) is 0 Å². The highest BCUT2D eigenvalue weighted by Crippen LogP contribution is 2.17. The van der Waals surface area contributed by atoms with Crippen LogP contribution in [0.2, 0.25) is 0 Å². The van der Waals surface area contributed by atoms with E-state index in [1.807, 2.05) is 35.7 Å². The van der Waals surface area contributed by atoms with Crippen molar-refractivity contribution in [3.05, 3.63) is 69.4 Å². The van der Waals surface area contributed by atoms with E-state index in [0.29, 0.717) is 37.0 Å². The van der Waals surface area contributed by atoms with Crippen molar-refractivity contribution in [3.63, 3.8) is 0 Å². The van der Waals surface area contributed by atoms with Gasteiger partial charge in [0.15, 0.2) is 5.13 Å². The molecule has 1 aromatic carbocycles. The molecule has 2 amide bonds. The Morgan fingerprint density at radius 2 is 1.83 bits per heavy atom. The van der Waals surface area contributed by atoms with E-state index in [4.69, 9.17) is 4.74 Å². The topological polar surface area (TPSA) is 80.3 Å². The first-order valence-corrected chi connectivity index (χ1v) is 11.6. The molecule has 2 aromatic heterocycles. The number of aromatic nitrogens is 1. The summed E-state index contributed by atoms with van der Waals surface area (Å²) >= 11 is 2.88. The van der Waals surface area contributed by atoms with Gasteiger partial charge in [-0.25, -0.2) is 4.98 Å². The molecule has 0 bridgehead atoms. The number of hydrogen-bond acceptors (Lipinski definition) is 6. The second-order valence-corrected chi connectivity index (χ2v) is 8.57. The fourth-order valence-electron chi connectivity index (χ4n) is 2.75. The first-order valence-electron chi connectivity index (χ1n) is 9.84. The second-order valence-electron chi connectivity index (χ2n) is 6.68. The molecule has 158 valence electrons. The lowest BCUT2D eigenvalue weighted by Gasteiger charge is -2.06. The summed E-state index contributed by atoms with van der Waals surface area (Å²) in [4.78, 5) is 29.4. The van der Waals surface area contributed by atoms with Crippen molar-refractivity contribution in [2.24, 2.45) is 0 Å². The predicted octanol–water partition coefficient (Wildman–Crippen LogP) is 3.69. The first-order chi connectivity index (χ1) is 14.7. The van der Waals surface area contributed by atoms with Crippen molar-refractivity contribution in [2.45, 2.75) is 25.7 Å². The average molecular weight is 444 g/mol. The molecule has 0 aliphatic rings. The Bertz CT molecular complexity index is 911. The van der Waals surface area contributed by atoms with Crippen LogP contribution in [-0.2, 0) is 33.6 Å². The number of ether oxygens (including phenoxy) is 1. The highest BCUT2D eigenvalue weighted by molar-refractivity contribution is 7.14. The molecule has 0 radical (unpaired) electrons. The largest absolute Gasteiger partial charge is 0.381 e. The van der Waals surface area contributed by atoms with Gasteiger partial charge in [-0.05, 0) is 29.9 Å². The number of hydrogen-bond donors (Lipinski definition) is 2. The third kappa shape index (κ3) is 8.06. The SMILES string of the molecule is O=C(Cc1csc(NC(=O)Cc2cccs2)n1)NCCCOCCc1ccccc1. The van der Waals surface area contributed by atoms with Gasteiger partial charge in [0.25, 0.3) is 0 Å². The van der Waals surface area contributed by atoms with E-state index >= 15 is 0 Å². The van der Waals surface area contributed by atoms with Crippen molar-refractivity contribution < 1.29 is 14.3 Å². The number of rotatable bonds is 12. The maximum atomic E-state index is 12.1. The molecule has 6 nitrogen and oxygen atoms in total. The van der Waals surface area contributed by atoms with E-state index < -0.39 is 0 Å². The Hall–Kier alpha value is -2.55. The minimum Gasteiger partial charge on any atom is -0.381 e. The number of amides is 2. The second kappa shape index (κ2) is 12.2. The van der Waals surface area contributed by atoms with Gasteiger partial charge in [0.2, 0.25) is 11.8 Å². The average Bonchev–Trinajstić information content (AvgIpc) is 3.40. The summed E-state index contributed by atoms with van der Waals surface area (Å²) in [7, 11) is 0. The molecule has 8 heteroatoms. The molecule has 0 aliphatic carbocycles. The van der Waals surface area contributed by atoms with Gasteiger partial charge in [-0.1, -0.05) is 36.4 Å². The summed E-state index contributed by atoms with van der Waals surface area (Å²) in [5, 5.41) is 9.93. The molecular weight excluding hydrogens is 418 g/mol. The maximum Gasteiger partial charge on any atom is 0.231 e.